The van der Waals surface area contributed by atoms with Gasteiger partial charge in [-0.05, 0) is 17.7 Å². The Labute approximate surface area is 127 Å². The smallest absolute Gasteiger partial charge is 0.260 e. The molecule has 0 spiro atoms. The SMILES string of the molecule is C=C1N(C)C(=O)C(Cc2ccc(Cl)cc2)(NO)C(=O)N1C. The number of hydrogen-bond acceptors (Lipinski definition) is 4. The molecule has 1 aliphatic heterocycles. The van der Waals surface area contributed by atoms with E-state index in [1.807, 2.05) is 5.48 Å². The molecule has 2 N–H and O–H groups in total. The van der Waals surface area contributed by atoms with E-state index in [0.29, 0.717) is 10.6 Å². The number of halogens is 1. The minimum absolute atomic E-state index is 0.000293. The topological polar surface area (TPSA) is 72.9 Å². The van der Waals surface area contributed by atoms with Crippen molar-refractivity contribution in [3.8, 4) is 0 Å². The first kappa shape index (κ1) is 15.5. The molecule has 6 nitrogen and oxygen atoms in total. The highest BCUT2D eigenvalue weighted by atomic mass is 35.5. The van der Waals surface area contributed by atoms with Gasteiger partial charge in [0.25, 0.3) is 11.8 Å². The number of likely N-dealkylation sites (N-methyl/N-ethyl adjacent to an activating group) is 2. The molecule has 0 atom stereocenters. The van der Waals surface area contributed by atoms with Crippen molar-refractivity contribution >= 4 is 23.4 Å². The lowest BCUT2D eigenvalue weighted by molar-refractivity contribution is -0.161. The summed E-state index contributed by atoms with van der Waals surface area (Å²) in [6.45, 7) is 3.68. The molecule has 2 amide bonds. The third-order valence-electron chi connectivity index (χ3n) is 3.69. The van der Waals surface area contributed by atoms with Gasteiger partial charge in [-0.1, -0.05) is 30.3 Å². The molecular formula is C14H16ClN3O3. The van der Waals surface area contributed by atoms with Gasteiger partial charge in [0.2, 0.25) is 5.54 Å². The van der Waals surface area contributed by atoms with Crippen LogP contribution in [0.25, 0.3) is 0 Å². The average Bonchev–Trinajstić information content (AvgIpc) is 2.50. The van der Waals surface area contributed by atoms with Crippen LogP contribution in [-0.4, -0.2) is 46.5 Å². The summed E-state index contributed by atoms with van der Waals surface area (Å²) in [5, 5.41) is 10.1. The second-order valence-electron chi connectivity index (χ2n) is 4.96. The Bertz CT molecular complexity index is 576. The predicted octanol–water partition coefficient (Wildman–Crippen LogP) is 1.00. The maximum absolute atomic E-state index is 12.5. The summed E-state index contributed by atoms with van der Waals surface area (Å²) >= 11 is 5.82. The molecule has 1 aromatic rings. The maximum atomic E-state index is 12.5. The summed E-state index contributed by atoms with van der Waals surface area (Å²) in [5.41, 5.74) is 0.831. The highest BCUT2D eigenvalue weighted by Gasteiger charge is 2.53. The third kappa shape index (κ3) is 2.42. The number of rotatable bonds is 3. The Kier molecular flexibility index (Phi) is 4.04. The fourth-order valence-corrected chi connectivity index (χ4v) is 2.44. The van der Waals surface area contributed by atoms with Gasteiger partial charge in [-0.25, -0.2) is 0 Å². The minimum Gasteiger partial charge on any atom is -0.315 e. The molecule has 0 bridgehead atoms. The molecule has 0 saturated carbocycles. The number of benzene rings is 1. The average molecular weight is 310 g/mol. The zero-order valence-corrected chi connectivity index (χ0v) is 12.5. The monoisotopic (exact) mass is 309 g/mol. The van der Waals surface area contributed by atoms with Gasteiger partial charge in [0.15, 0.2) is 0 Å². The lowest BCUT2D eigenvalue weighted by Gasteiger charge is -2.43. The van der Waals surface area contributed by atoms with Gasteiger partial charge in [0.05, 0.1) is 0 Å². The van der Waals surface area contributed by atoms with Crippen LogP contribution in [0.15, 0.2) is 36.7 Å². The highest BCUT2D eigenvalue weighted by molar-refractivity contribution is 6.30. The van der Waals surface area contributed by atoms with Gasteiger partial charge in [-0.3, -0.25) is 19.4 Å². The first-order chi connectivity index (χ1) is 9.83. The number of hydrogen-bond donors (Lipinski definition) is 2. The second-order valence-corrected chi connectivity index (χ2v) is 5.40. The molecule has 1 aromatic carbocycles. The molecule has 0 aromatic heterocycles. The number of amides is 2. The quantitative estimate of drug-likeness (QED) is 0.645. The Morgan fingerprint density at radius 2 is 1.67 bits per heavy atom. The van der Waals surface area contributed by atoms with Gasteiger partial charge < -0.3 is 5.21 Å². The van der Waals surface area contributed by atoms with E-state index in [0.717, 1.165) is 0 Å². The molecule has 0 aliphatic carbocycles. The first-order valence-corrected chi connectivity index (χ1v) is 6.62. The summed E-state index contributed by atoms with van der Waals surface area (Å²) in [6, 6.07) is 6.72. The van der Waals surface area contributed by atoms with Crippen molar-refractivity contribution in [2.24, 2.45) is 0 Å². The van der Waals surface area contributed by atoms with Gasteiger partial charge >= 0.3 is 0 Å². The van der Waals surface area contributed by atoms with Crippen LogP contribution in [-0.2, 0) is 16.0 Å². The number of carbonyl (C=O) groups excluding carboxylic acids is 2. The zero-order chi connectivity index (χ0) is 15.8. The van der Waals surface area contributed by atoms with Crippen molar-refractivity contribution in [1.29, 1.82) is 0 Å². The Morgan fingerprint density at radius 3 is 2.10 bits per heavy atom. The number of nitrogens with zero attached hydrogens (tertiary/aromatic N) is 2. The molecule has 0 unspecified atom stereocenters. The van der Waals surface area contributed by atoms with Crippen LogP contribution in [0, 0.1) is 0 Å². The Balaban J connectivity index is 2.43. The summed E-state index contributed by atoms with van der Waals surface area (Å²) in [6.07, 6.45) is 0.000293. The molecule has 21 heavy (non-hydrogen) atoms. The Hall–Kier alpha value is -1.89. The van der Waals surface area contributed by atoms with E-state index in [1.54, 1.807) is 24.3 Å². The Morgan fingerprint density at radius 1 is 1.19 bits per heavy atom. The number of nitrogens with one attached hydrogen (secondary N) is 1. The molecule has 0 radical (unpaired) electrons. The molecule has 112 valence electrons. The van der Waals surface area contributed by atoms with Crippen molar-refractivity contribution in [1.82, 2.24) is 15.3 Å². The van der Waals surface area contributed by atoms with Crippen LogP contribution in [0.4, 0.5) is 0 Å². The molecule has 7 heteroatoms. The van der Waals surface area contributed by atoms with E-state index >= 15 is 0 Å². The summed E-state index contributed by atoms with van der Waals surface area (Å²) in [4.78, 5) is 27.4. The fourth-order valence-electron chi connectivity index (χ4n) is 2.32. The predicted molar refractivity (Wildman–Crippen MR) is 77.5 cm³/mol. The van der Waals surface area contributed by atoms with Crippen molar-refractivity contribution < 1.29 is 14.8 Å². The number of hydroxylamine groups is 1. The van der Waals surface area contributed by atoms with Crippen molar-refractivity contribution in [2.75, 3.05) is 14.1 Å². The van der Waals surface area contributed by atoms with Crippen molar-refractivity contribution in [2.45, 2.75) is 12.0 Å². The molecule has 1 aliphatic rings. The van der Waals surface area contributed by atoms with E-state index < -0.39 is 17.4 Å². The van der Waals surface area contributed by atoms with Gasteiger partial charge in [0, 0.05) is 25.5 Å². The molecular weight excluding hydrogens is 294 g/mol. The van der Waals surface area contributed by atoms with Crippen LogP contribution in [0.1, 0.15) is 5.56 Å². The summed E-state index contributed by atoms with van der Waals surface area (Å²) < 4.78 is 0. The number of carbonyl (C=O) groups is 2. The highest BCUT2D eigenvalue weighted by Crippen LogP contribution is 2.27. The largest absolute Gasteiger partial charge is 0.315 e. The lowest BCUT2D eigenvalue weighted by Crippen LogP contribution is -2.70. The van der Waals surface area contributed by atoms with Crippen LogP contribution < -0.4 is 5.48 Å². The van der Waals surface area contributed by atoms with Gasteiger partial charge in [0.1, 0.15) is 5.82 Å². The van der Waals surface area contributed by atoms with Crippen LogP contribution >= 0.6 is 11.6 Å². The zero-order valence-electron chi connectivity index (χ0n) is 11.8. The standard InChI is InChI=1S/C14H16ClN3O3/c1-9-17(2)12(19)14(16-21,13(20)18(9)3)8-10-4-6-11(15)7-5-10/h4-7,16,21H,1,8H2,2-3H3. The third-order valence-corrected chi connectivity index (χ3v) is 3.94. The maximum Gasteiger partial charge on any atom is 0.260 e. The summed E-state index contributed by atoms with van der Waals surface area (Å²) in [5.74, 6) is -0.868. The first-order valence-electron chi connectivity index (χ1n) is 6.24. The molecule has 1 fully saturated rings. The molecule has 1 heterocycles. The van der Waals surface area contributed by atoms with Crippen molar-refractivity contribution in [3.63, 3.8) is 0 Å². The van der Waals surface area contributed by atoms with E-state index in [9.17, 15) is 14.8 Å². The normalized spacial score (nSPS) is 18.4. The minimum atomic E-state index is -1.77. The van der Waals surface area contributed by atoms with Crippen LogP contribution in [0.5, 0.6) is 0 Å². The lowest BCUT2D eigenvalue weighted by atomic mass is 9.87. The van der Waals surface area contributed by atoms with Crippen LogP contribution in [0.2, 0.25) is 5.02 Å². The van der Waals surface area contributed by atoms with Crippen LogP contribution in [0.3, 0.4) is 0 Å². The fraction of sp³-hybridized carbons (Fsp3) is 0.286. The van der Waals surface area contributed by atoms with Gasteiger partial charge in [-0.2, -0.15) is 5.48 Å². The molecule has 1 saturated heterocycles. The van der Waals surface area contributed by atoms with E-state index in [-0.39, 0.29) is 12.2 Å². The summed E-state index contributed by atoms with van der Waals surface area (Å²) in [7, 11) is 3.00. The van der Waals surface area contributed by atoms with E-state index in [4.69, 9.17) is 11.6 Å². The van der Waals surface area contributed by atoms with Gasteiger partial charge in [-0.15, -0.1) is 0 Å². The van der Waals surface area contributed by atoms with Crippen molar-refractivity contribution in [3.05, 3.63) is 47.3 Å². The van der Waals surface area contributed by atoms with E-state index in [1.165, 1.54) is 23.9 Å². The second kappa shape index (κ2) is 5.48. The molecule has 2 rings (SSSR count). The van der Waals surface area contributed by atoms with E-state index in [2.05, 4.69) is 6.58 Å².